The number of carbonyl (C=O) groups is 1. The van der Waals surface area contributed by atoms with Crippen molar-refractivity contribution in [3.63, 3.8) is 0 Å². The van der Waals surface area contributed by atoms with Gasteiger partial charge in [0.2, 0.25) is 5.91 Å². The van der Waals surface area contributed by atoms with Gasteiger partial charge in [0.05, 0.1) is 5.75 Å². The summed E-state index contributed by atoms with van der Waals surface area (Å²) in [6, 6.07) is 0.298. The lowest BCUT2D eigenvalue weighted by Crippen LogP contribution is -2.47. The van der Waals surface area contributed by atoms with Crippen LogP contribution in [0.2, 0.25) is 0 Å². The largest absolute Gasteiger partial charge is 0.442 e. The molecule has 1 amide bonds. The molecule has 2 N–H and O–H groups in total. The normalized spacial score (nSPS) is 26.5. The quantitative estimate of drug-likeness (QED) is 0.804. The van der Waals surface area contributed by atoms with Crippen LogP contribution in [0.3, 0.4) is 0 Å². The average Bonchev–Trinajstić information content (AvgIpc) is 2.14. The molecule has 0 saturated carbocycles. The Balaban J connectivity index is 2.23. The number of carbonyl (C=O) groups excluding carboxylic acids is 1. The minimum Gasteiger partial charge on any atom is -0.353 e. The van der Waals surface area contributed by atoms with Gasteiger partial charge in [-0.05, 0) is 38.1 Å². The molecule has 16 heavy (non-hydrogen) atoms. The van der Waals surface area contributed by atoms with Crippen LogP contribution in [0.5, 0.6) is 0 Å². The summed E-state index contributed by atoms with van der Waals surface area (Å²) in [5, 5.41) is 5.83. The zero-order valence-corrected chi connectivity index (χ0v) is 9.75. The number of nitrogens with one attached hydrogen (secondary N) is 2. The zero-order chi connectivity index (χ0) is 12.2. The van der Waals surface area contributed by atoms with Gasteiger partial charge < -0.3 is 10.6 Å². The first-order valence-electron chi connectivity index (χ1n) is 5.10. The van der Waals surface area contributed by atoms with Gasteiger partial charge in [0.15, 0.2) is 0 Å². The van der Waals surface area contributed by atoms with Crippen molar-refractivity contribution in [2.75, 3.05) is 12.3 Å². The van der Waals surface area contributed by atoms with E-state index in [-0.39, 0.29) is 17.8 Å². The second-order valence-corrected chi connectivity index (χ2v) is 4.92. The third-order valence-corrected chi connectivity index (χ3v) is 3.09. The SMILES string of the molecule is CC1CC(NC(=O)CSC(F)(F)F)CCN1. The second kappa shape index (κ2) is 5.77. The van der Waals surface area contributed by atoms with E-state index >= 15 is 0 Å². The number of piperidine rings is 1. The van der Waals surface area contributed by atoms with Gasteiger partial charge in [0, 0.05) is 12.1 Å². The van der Waals surface area contributed by atoms with E-state index < -0.39 is 17.2 Å². The Bertz CT molecular complexity index is 247. The summed E-state index contributed by atoms with van der Waals surface area (Å²) < 4.78 is 35.5. The van der Waals surface area contributed by atoms with Gasteiger partial charge in [-0.1, -0.05) is 0 Å². The molecule has 1 saturated heterocycles. The Kier molecular flexibility index (Phi) is 4.91. The highest BCUT2D eigenvalue weighted by molar-refractivity contribution is 8.00. The number of hydrogen-bond acceptors (Lipinski definition) is 3. The Morgan fingerprint density at radius 1 is 1.56 bits per heavy atom. The maximum atomic E-state index is 11.8. The van der Waals surface area contributed by atoms with E-state index in [9.17, 15) is 18.0 Å². The number of hydrogen-bond donors (Lipinski definition) is 2. The van der Waals surface area contributed by atoms with Crippen molar-refractivity contribution in [3.05, 3.63) is 0 Å². The molecule has 2 atom stereocenters. The Morgan fingerprint density at radius 3 is 2.81 bits per heavy atom. The fourth-order valence-electron chi connectivity index (χ4n) is 1.68. The van der Waals surface area contributed by atoms with Gasteiger partial charge in [-0.3, -0.25) is 4.79 Å². The highest BCUT2D eigenvalue weighted by atomic mass is 32.2. The molecule has 3 nitrogen and oxygen atoms in total. The molecule has 7 heteroatoms. The second-order valence-electron chi connectivity index (χ2n) is 3.88. The third kappa shape index (κ3) is 5.60. The molecule has 94 valence electrons. The zero-order valence-electron chi connectivity index (χ0n) is 8.93. The first kappa shape index (κ1) is 13.6. The van der Waals surface area contributed by atoms with Crippen LogP contribution in [-0.4, -0.2) is 35.8 Å². The van der Waals surface area contributed by atoms with Crippen molar-refractivity contribution >= 4 is 17.7 Å². The molecule has 1 heterocycles. The molecule has 0 aromatic heterocycles. The summed E-state index contributed by atoms with van der Waals surface area (Å²) in [6.07, 6.45) is 1.54. The molecular weight excluding hydrogens is 241 g/mol. The molecule has 0 aliphatic carbocycles. The minimum absolute atomic E-state index is 0.00224. The Hall–Kier alpha value is -0.430. The maximum absolute atomic E-state index is 11.8. The van der Waals surface area contributed by atoms with Crippen LogP contribution in [-0.2, 0) is 4.79 Å². The topological polar surface area (TPSA) is 41.1 Å². The summed E-state index contributed by atoms with van der Waals surface area (Å²) in [7, 11) is 0. The molecule has 0 aromatic carbocycles. The standard InChI is InChI=1S/C9H15F3N2OS/c1-6-4-7(2-3-13-6)14-8(15)5-16-9(10,11)12/h6-7,13H,2-5H2,1H3,(H,14,15). The van der Waals surface area contributed by atoms with E-state index in [0.29, 0.717) is 6.04 Å². The molecule has 1 rings (SSSR count). The first-order chi connectivity index (χ1) is 7.37. The molecule has 0 bridgehead atoms. The highest BCUT2D eigenvalue weighted by Gasteiger charge is 2.30. The van der Waals surface area contributed by atoms with E-state index in [0.717, 1.165) is 19.4 Å². The van der Waals surface area contributed by atoms with Crippen LogP contribution in [0.15, 0.2) is 0 Å². The van der Waals surface area contributed by atoms with E-state index in [1.807, 2.05) is 6.92 Å². The van der Waals surface area contributed by atoms with Crippen LogP contribution in [0.25, 0.3) is 0 Å². The maximum Gasteiger partial charge on any atom is 0.442 e. The molecule has 1 aliphatic heterocycles. The van der Waals surface area contributed by atoms with Crippen molar-refractivity contribution in [2.24, 2.45) is 0 Å². The van der Waals surface area contributed by atoms with Gasteiger partial charge >= 0.3 is 5.51 Å². The van der Waals surface area contributed by atoms with E-state index in [1.54, 1.807) is 0 Å². The molecule has 0 aromatic rings. The van der Waals surface area contributed by atoms with Crippen LogP contribution in [0, 0.1) is 0 Å². The smallest absolute Gasteiger partial charge is 0.353 e. The molecule has 0 spiro atoms. The molecule has 1 aliphatic rings. The first-order valence-corrected chi connectivity index (χ1v) is 6.09. The lowest BCUT2D eigenvalue weighted by Gasteiger charge is -2.28. The van der Waals surface area contributed by atoms with Crippen LogP contribution < -0.4 is 10.6 Å². The van der Waals surface area contributed by atoms with Crippen LogP contribution >= 0.6 is 11.8 Å². The van der Waals surface area contributed by atoms with Crippen molar-refractivity contribution in [1.29, 1.82) is 0 Å². The van der Waals surface area contributed by atoms with E-state index in [4.69, 9.17) is 0 Å². The number of halogens is 3. The van der Waals surface area contributed by atoms with Gasteiger partial charge in [-0.15, -0.1) is 0 Å². The van der Waals surface area contributed by atoms with E-state index in [2.05, 4.69) is 10.6 Å². The van der Waals surface area contributed by atoms with E-state index in [1.165, 1.54) is 0 Å². The van der Waals surface area contributed by atoms with Crippen LogP contribution in [0.1, 0.15) is 19.8 Å². The molecule has 0 radical (unpaired) electrons. The van der Waals surface area contributed by atoms with Crippen molar-refractivity contribution in [1.82, 2.24) is 10.6 Å². The predicted octanol–water partition coefficient (Wildman–Crippen LogP) is 1.50. The Morgan fingerprint density at radius 2 is 2.25 bits per heavy atom. The molecule has 1 fully saturated rings. The fraction of sp³-hybridized carbons (Fsp3) is 0.889. The van der Waals surface area contributed by atoms with Gasteiger partial charge in [-0.25, -0.2) is 0 Å². The summed E-state index contributed by atoms with van der Waals surface area (Å²) in [4.78, 5) is 11.2. The van der Waals surface area contributed by atoms with Gasteiger partial charge in [0.25, 0.3) is 0 Å². The number of thioether (sulfide) groups is 1. The minimum atomic E-state index is -4.33. The summed E-state index contributed by atoms with van der Waals surface area (Å²) >= 11 is -0.297. The third-order valence-electron chi connectivity index (χ3n) is 2.36. The number of alkyl halides is 3. The summed E-state index contributed by atoms with van der Waals surface area (Å²) in [6.45, 7) is 2.78. The highest BCUT2D eigenvalue weighted by Crippen LogP contribution is 2.29. The van der Waals surface area contributed by atoms with Gasteiger partial charge in [-0.2, -0.15) is 13.2 Å². The lowest BCUT2D eigenvalue weighted by molar-refractivity contribution is -0.119. The van der Waals surface area contributed by atoms with Crippen LogP contribution in [0.4, 0.5) is 13.2 Å². The average molecular weight is 256 g/mol. The summed E-state index contributed by atoms with van der Waals surface area (Å²) in [5.41, 5.74) is -4.33. The van der Waals surface area contributed by atoms with Gasteiger partial charge in [0.1, 0.15) is 0 Å². The van der Waals surface area contributed by atoms with Crippen molar-refractivity contribution < 1.29 is 18.0 Å². The molecular formula is C9H15F3N2OS. The monoisotopic (exact) mass is 256 g/mol. The predicted molar refractivity (Wildman–Crippen MR) is 57.1 cm³/mol. The molecule has 2 unspecified atom stereocenters. The van der Waals surface area contributed by atoms with Crippen molar-refractivity contribution in [2.45, 2.75) is 37.4 Å². The van der Waals surface area contributed by atoms with Crippen molar-refractivity contribution in [3.8, 4) is 0 Å². The lowest BCUT2D eigenvalue weighted by atomic mass is 10.0. The fourth-order valence-corrected chi connectivity index (χ4v) is 2.06. The number of rotatable bonds is 3. The number of amides is 1. The Labute approximate surface area is 96.5 Å². The summed E-state index contributed by atoms with van der Waals surface area (Å²) in [5.74, 6) is -1.09.